The van der Waals surface area contributed by atoms with Gasteiger partial charge in [-0.05, 0) is 32.0 Å². The predicted octanol–water partition coefficient (Wildman–Crippen LogP) is 1.34. The van der Waals surface area contributed by atoms with E-state index in [1.54, 1.807) is 17.0 Å². The van der Waals surface area contributed by atoms with Gasteiger partial charge in [0.25, 0.3) is 5.89 Å². The Labute approximate surface area is 190 Å². The fourth-order valence-electron chi connectivity index (χ4n) is 4.09. The number of nitrogens with zero attached hydrogens (tertiary/aromatic N) is 6. The highest BCUT2D eigenvalue weighted by Crippen LogP contribution is 2.35. The standard InChI is InChI=1S/C22H26N6O5/c1-14(2)26-7-9-27(10-8-26)20(30)12-28-19(29)6-4-16(24-28)22-23-21(25-33-22)15-3-5-17-18(11-15)32-13-31-17/h3,5,11,14H,4,6-10,12-13H2,1-2H3. The van der Waals surface area contributed by atoms with Crippen molar-refractivity contribution in [3.63, 3.8) is 0 Å². The highest BCUT2D eigenvalue weighted by Gasteiger charge is 2.29. The van der Waals surface area contributed by atoms with E-state index in [4.69, 9.17) is 14.0 Å². The summed E-state index contributed by atoms with van der Waals surface area (Å²) in [4.78, 5) is 33.8. The van der Waals surface area contributed by atoms with Gasteiger partial charge in [0.2, 0.25) is 24.4 Å². The van der Waals surface area contributed by atoms with E-state index in [1.807, 2.05) is 6.07 Å². The van der Waals surface area contributed by atoms with Crippen molar-refractivity contribution in [2.75, 3.05) is 39.5 Å². The fourth-order valence-corrected chi connectivity index (χ4v) is 4.09. The molecule has 0 aliphatic carbocycles. The Morgan fingerprint density at radius 3 is 2.67 bits per heavy atom. The molecule has 1 aromatic heterocycles. The van der Waals surface area contributed by atoms with Crippen molar-refractivity contribution < 1.29 is 23.6 Å². The van der Waals surface area contributed by atoms with Crippen LogP contribution in [0.25, 0.3) is 11.4 Å². The van der Waals surface area contributed by atoms with Crippen molar-refractivity contribution >= 4 is 17.5 Å². The number of ether oxygens (including phenoxy) is 2. The maximum absolute atomic E-state index is 12.8. The van der Waals surface area contributed by atoms with E-state index in [9.17, 15) is 9.59 Å². The molecule has 33 heavy (non-hydrogen) atoms. The lowest BCUT2D eigenvalue weighted by molar-refractivity contribution is -0.142. The van der Waals surface area contributed by atoms with Crippen molar-refractivity contribution in [2.24, 2.45) is 5.10 Å². The molecule has 0 N–H and O–H groups in total. The number of benzene rings is 1. The SMILES string of the molecule is CC(C)N1CCN(C(=O)CN2N=C(c3nc(-c4ccc5c(c4)OCO5)no3)CCC2=O)CC1. The van der Waals surface area contributed by atoms with Gasteiger partial charge in [-0.25, -0.2) is 5.01 Å². The van der Waals surface area contributed by atoms with Crippen molar-refractivity contribution in [3.05, 3.63) is 24.1 Å². The number of rotatable bonds is 5. The summed E-state index contributed by atoms with van der Waals surface area (Å²) >= 11 is 0. The van der Waals surface area contributed by atoms with Gasteiger partial charge in [-0.15, -0.1) is 0 Å². The Kier molecular flexibility index (Phi) is 5.71. The predicted molar refractivity (Wildman–Crippen MR) is 117 cm³/mol. The molecule has 1 aromatic carbocycles. The number of hydrogen-bond acceptors (Lipinski definition) is 9. The Bertz CT molecular complexity index is 1090. The van der Waals surface area contributed by atoms with E-state index < -0.39 is 0 Å². The van der Waals surface area contributed by atoms with Crippen LogP contribution in [0.5, 0.6) is 11.5 Å². The van der Waals surface area contributed by atoms with Crippen molar-refractivity contribution in [1.82, 2.24) is 24.9 Å². The first kappa shape index (κ1) is 21.4. The van der Waals surface area contributed by atoms with Gasteiger partial charge in [0.15, 0.2) is 11.5 Å². The van der Waals surface area contributed by atoms with Crippen molar-refractivity contribution in [2.45, 2.75) is 32.7 Å². The van der Waals surface area contributed by atoms with Gasteiger partial charge in [0.1, 0.15) is 12.3 Å². The molecule has 0 spiro atoms. The summed E-state index contributed by atoms with van der Waals surface area (Å²) in [5, 5.41) is 9.64. The number of fused-ring (bicyclic) bond motifs is 1. The summed E-state index contributed by atoms with van der Waals surface area (Å²) < 4.78 is 16.1. The van der Waals surface area contributed by atoms with Gasteiger partial charge >= 0.3 is 0 Å². The summed E-state index contributed by atoms with van der Waals surface area (Å²) in [6.07, 6.45) is 0.605. The second kappa shape index (κ2) is 8.81. The van der Waals surface area contributed by atoms with Gasteiger partial charge in [-0.2, -0.15) is 10.1 Å². The van der Waals surface area contributed by atoms with Crippen molar-refractivity contribution in [3.8, 4) is 22.9 Å². The first-order valence-electron chi connectivity index (χ1n) is 11.1. The molecule has 3 aliphatic heterocycles. The molecule has 0 atom stereocenters. The summed E-state index contributed by atoms with van der Waals surface area (Å²) in [6.45, 7) is 7.35. The van der Waals surface area contributed by atoms with E-state index in [0.717, 1.165) is 13.1 Å². The van der Waals surface area contributed by atoms with Crippen LogP contribution in [-0.2, 0) is 9.59 Å². The van der Waals surface area contributed by atoms with Gasteiger partial charge in [-0.3, -0.25) is 14.5 Å². The lowest BCUT2D eigenvalue weighted by atomic mass is 10.1. The molecule has 2 aromatic rings. The Balaban J connectivity index is 1.27. The average molecular weight is 454 g/mol. The Morgan fingerprint density at radius 2 is 1.88 bits per heavy atom. The van der Waals surface area contributed by atoms with Crippen LogP contribution in [0.15, 0.2) is 27.8 Å². The number of aromatic nitrogens is 2. The maximum Gasteiger partial charge on any atom is 0.274 e. The molecule has 5 rings (SSSR count). The highest BCUT2D eigenvalue weighted by molar-refractivity contribution is 6.01. The number of hydrogen-bond donors (Lipinski definition) is 0. The highest BCUT2D eigenvalue weighted by atomic mass is 16.7. The quantitative estimate of drug-likeness (QED) is 0.665. The Hall–Kier alpha value is -3.47. The molecule has 3 aliphatic rings. The molecular weight excluding hydrogens is 428 g/mol. The first-order chi connectivity index (χ1) is 16.0. The third kappa shape index (κ3) is 4.40. The van der Waals surface area contributed by atoms with Gasteiger partial charge in [-0.1, -0.05) is 5.16 Å². The minimum Gasteiger partial charge on any atom is -0.454 e. The van der Waals surface area contributed by atoms with Gasteiger partial charge in [0.05, 0.1) is 0 Å². The molecule has 4 heterocycles. The van der Waals surface area contributed by atoms with Crippen LogP contribution in [0.4, 0.5) is 0 Å². The summed E-state index contributed by atoms with van der Waals surface area (Å²) in [7, 11) is 0. The zero-order chi connectivity index (χ0) is 22.9. The average Bonchev–Trinajstić information content (AvgIpc) is 3.50. The number of piperazine rings is 1. The number of hydrazone groups is 1. The number of carbonyl (C=O) groups is 2. The third-order valence-electron chi connectivity index (χ3n) is 6.09. The first-order valence-corrected chi connectivity index (χ1v) is 11.1. The smallest absolute Gasteiger partial charge is 0.274 e. The monoisotopic (exact) mass is 454 g/mol. The van der Waals surface area contributed by atoms with Crippen LogP contribution in [-0.4, -0.2) is 88.0 Å². The van der Waals surface area contributed by atoms with E-state index in [2.05, 4.69) is 34.0 Å². The molecule has 11 heteroatoms. The Morgan fingerprint density at radius 1 is 1.09 bits per heavy atom. The number of carbonyl (C=O) groups excluding carboxylic acids is 2. The lowest BCUT2D eigenvalue weighted by Crippen LogP contribution is -2.53. The minimum atomic E-state index is -0.191. The summed E-state index contributed by atoms with van der Waals surface area (Å²) in [5.74, 6) is 1.61. The van der Waals surface area contributed by atoms with Crippen LogP contribution in [0.1, 0.15) is 32.6 Å². The van der Waals surface area contributed by atoms with Crippen LogP contribution in [0.3, 0.4) is 0 Å². The second-order valence-electron chi connectivity index (χ2n) is 8.50. The minimum absolute atomic E-state index is 0.0901. The maximum atomic E-state index is 12.8. The molecular formula is C22H26N6O5. The van der Waals surface area contributed by atoms with Crippen LogP contribution < -0.4 is 9.47 Å². The second-order valence-corrected chi connectivity index (χ2v) is 8.50. The summed E-state index contributed by atoms with van der Waals surface area (Å²) in [6, 6.07) is 5.85. The molecule has 11 nitrogen and oxygen atoms in total. The third-order valence-corrected chi connectivity index (χ3v) is 6.09. The van der Waals surface area contributed by atoms with Crippen LogP contribution in [0, 0.1) is 0 Å². The summed E-state index contributed by atoms with van der Waals surface area (Å²) in [5.41, 5.74) is 1.21. The molecule has 0 radical (unpaired) electrons. The van der Waals surface area contributed by atoms with Crippen molar-refractivity contribution in [1.29, 1.82) is 0 Å². The number of amides is 2. The molecule has 0 saturated carbocycles. The molecule has 2 amide bonds. The largest absolute Gasteiger partial charge is 0.454 e. The normalized spacial score (nSPS) is 18.8. The molecule has 0 unspecified atom stereocenters. The molecule has 1 fully saturated rings. The van der Waals surface area contributed by atoms with Crippen LogP contribution in [0.2, 0.25) is 0 Å². The molecule has 1 saturated heterocycles. The van der Waals surface area contributed by atoms with E-state index in [1.165, 1.54) is 5.01 Å². The lowest BCUT2D eigenvalue weighted by Gasteiger charge is -2.37. The van der Waals surface area contributed by atoms with Crippen LogP contribution >= 0.6 is 0 Å². The van der Waals surface area contributed by atoms with Gasteiger partial charge in [0, 0.05) is 50.6 Å². The molecule has 0 bridgehead atoms. The molecule has 174 valence electrons. The van der Waals surface area contributed by atoms with E-state index >= 15 is 0 Å². The zero-order valence-electron chi connectivity index (χ0n) is 18.7. The van der Waals surface area contributed by atoms with E-state index in [0.29, 0.717) is 54.2 Å². The topological polar surface area (TPSA) is 114 Å². The fraction of sp³-hybridized carbons (Fsp3) is 0.500. The van der Waals surface area contributed by atoms with E-state index in [-0.39, 0.29) is 37.5 Å². The van der Waals surface area contributed by atoms with Gasteiger partial charge < -0.3 is 18.9 Å². The zero-order valence-corrected chi connectivity index (χ0v) is 18.7.